The quantitative estimate of drug-likeness (QED) is 0.368. The summed E-state index contributed by atoms with van der Waals surface area (Å²) in [7, 11) is 0. The Balaban J connectivity index is 1.19. The maximum Gasteiger partial charge on any atom is 0.320 e. The zero-order valence-electron chi connectivity index (χ0n) is 24.0. The Morgan fingerprint density at radius 2 is 1.90 bits per heavy atom. The number of aryl methyl sites for hydroxylation is 1. The van der Waals surface area contributed by atoms with Gasteiger partial charge in [0, 0.05) is 18.7 Å². The molecule has 42 heavy (non-hydrogen) atoms. The number of halogens is 1. The lowest BCUT2D eigenvalue weighted by molar-refractivity contribution is -0.127. The summed E-state index contributed by atoms with van der Waals surface area (Å²) in [5.41, 5.74) is 5.34. The Kier molecular flexibility index (Phi) is 6.41. The summed E-state index contributed by atoms with van der Waals surface area (Å²) in [5, 5.41) is 1.44. The number of hydrogen-bond donors (Lipinski definition) is 0. The highest BCUT2D eigenvalue weighted by atomic mass is 35.5. The number of anilines is 1. The van der Waals surface area contributed by atoms with Crippen molar-refractivity contribution >= 4 is 34.4 Å². The summed E-state index contributed by atoms with van der Waals surface area (Å²) in [6.07, 6.45) is 11.6. The zero-order chi connectivity index (χ0) is 28.4. The largest absolute Gasteiger partial charge is 0.461 e. The molecule has 5 aliphatic rings. The van der Waals surface area contributed by atoms with Crippen LogP contribution in [0.25, 0.3) is 22.3 Å². The van der Waals surface area contributed by atoms with Crippen molar-refractivity contribution in [2.75, 3.05) is 37.7 Å². The summed E-state index contributed by atoms with van der Waals surface area (Å²) in [6, 6.07) is 9.21. The minimum Gasteiger partial charge on any atom is -0.461 e. The summed E-state index contributed by atoms with van der Waals surface area (Å²) < 4.78 is 6.48. The van der Waals surface area contributed by atoms with E-state index in [2.05, 4.69) is 34.6 Å². The van der Waals surface area contributed by atoms with Gasteiger partial charge in [-0.15, -0.1) is 0 Å². The van der Waals surface area contributed by atoms with E-state index in [0.717, 1.165) is 74.2 Å². The van der Waals surface area contributed by atoms with Crippen LogP contribution in [-0.4, -0.2) is 81.1 Å². The third-order valence-corrected chi connectivity index (χ3v) is 10.8. The topological polar surface area (TPSA) is 74.7 Å². The lowest BCUT2D eigenvalue weighted by Gasteiger charge is -2.47. The molecule has 4 aliphatic heterocycles. The minimum atomic E-state index is -0.00352. The lowest BCUT2D eigenvalue weighted by Crippen LogP contribution is -2.63. The van der Waals surface area contributed by atoms with Crippen LogP contribution in [0, 0.1) is 0 Å². The Hall–Kier alpha value is -3.23. The van der Waals surface area contributed by atoms with Crippen LogP contribution in [0.4, 0.5) is 5.82 Å². The number of benzene rings is 1. The van der Waals surface area contributed by atoms with Crippen LogP contribution in [-0.2, 0) is 17.6 Å². The molecule has 2 aromatic heterocycles. The Morgan fingerprint density at radius 3 is 2.74 bits per heavy atom. The zero-order valence-corrected chi connectivity index (χ0v) is 24.8. The number of carbonyl (C=O) groups is 1. The molecule has 1 unspecified atom stereocenters. The average Bonchev–Trinajstić information content (AvgIpc) is 3.68. The maximum absolute atomic E-state index is 12.4. The van der Waals surface area contributed by atoms with Gasteiger partial charge in [0.2, 0.25) is 5.91 Å². The molecule has 0 spiro atoms. The van der Waals surface area contributed by atoms with Crippen molar-refractivity contribution in [3.8, 4) is 17.3 Å². The van der Waals surface area contributed by atoms with E-state index in [1.54, 1.807) is 0 Å². The van der Waals surface area contributed by atoms with E-state index in [1.807, 2.05) is 11.0 Å². The first-order chi connectivity index (χ1) is 20.5. The number of carbonyl (C=O) groups excluding carboxylic acids is 1. The first-order valence-corrected chi connectivity index (χ1v) is 16.0. The Bertz CT molecular complexity index is 1580. The van der Waals surface area contributed by atoms with Gasteiger partial charge in [-0.3, -0.25) is 9.69 Å². The number of nitrogens with zero attached hydrogens (tertiary/aromatic N) is 6. The standard InChI is InChI=1S/C33H37ClN6O2/c1-2-28(41)39-17-12-26-27(39)19-40(26)31-24-18-25(34)29(23-11-5-9-21-8-3-4-10-22(21)23)35-30(24)36-32(37-31)42-20-33-13-6-15-38(33)16-7-14-33/h2,5,9,11,18,26-27H,1,3-4,6-8,10,12-17,19-20H2/t26?,27-/m1/s1. The number of likely N-dealkylation sites (tertiary alicyclic amines) is 1. The van der Waals surface area contributed by atoms with E-state index in [1.165, 1.54) is 42.9 Å². The second-order valence-electron chi connectivity index (χ2n) is 12.7. The van der Waals surface area contributed by atoms with Crippen LogP contribution in [0.2, 0.25) is 5.02 Å². The van der Waals surface area contributed by atoms with Gasteiger partial charge in [0.05, 0.1) is 33.7 Å². The smallest absolute Gasteiger partial charge is 0.320 e. The highest BCUT2D eigenvalue weighted by molar-refractivity contribution is 6.34. The van der Waals surface area contributed by atoms with Gasteiger partial charge in [-0.05, 0) is 94.1 Å². The summed E-state index contributed by atoms with van der Waals surface area (Å²) in [5.74, 6) is 0.795. The van der Waals surface area contributed by atoms with Crippen molar-refractivity contribution in [2.45, 2.75) is 75.4 Å². The molecule has 218 valence electrons. The minimum absolute atomic E-state index is 0.00352. The Morgan fingerprint density at radius 1 is 1.07 bits per heavy atom. The monoisotopic (exact) mass is 584 g/mol. The highest BCUT2D eigenvalue weighted by Crippen LogP contribution is 2.43. The predicted molar refractivity (Wildman–Crippen MR) is 164 cm³/mol. The number of pyridine rings is 1. The fraction of sp³-hybridized carbons (Fsp3) is 0.515. The first kappa shape index (κ1) is 26.4. The van der Waals surface area contributed by atoms with Crippen LogP contribution in [0.5, 0.6) is 6.01 Å². The molecule has 1 aliphatic carbocycles. The molecule has 0 N–H and O–H groups in total. The molecular weight excluding hydrogens is 548 g/mol. The molecule has 3 aromatic rings. The molecule has 4 saturated heterocycles. The van der Waals surface area contributed by atoms with Crippen LogP contribution < -0.4 is 9.64 Å². The maximum atomic E-state index is 12.4. The fourth-order valence-electron chi connectivity index (χ4n) is 8.39. The molecule has 4 fully saturated rings. The van der Waals surface area contributed by atoms with E-state index in [0.29, 0.717) is 29.8 Å². The van der Waals surface area contributed by atoms with Gasteiger partial charge in [-0.25, -0.2) is 4.98 Å². The van der Waals surface area contributed by atoms with E-state index in [4.69, 9.17) is 31.3 Å². The molecule has 2 atom stereocenters. The SMILES string of the molecule is C=CC(=O)N1CCC2[C@H]1CN2c1nc(OCC23CCCN2CCC3)nc2nc(-c3cccc4c3CCCC4)c(Cl)cc12. The molecule has 0 radical (unpaired) electrons. The normalized spacial score (nSPS) is 24.3. The van der Waals surface area contributed by atoms with Gasteiger partial charge in [0.1, 0.15) is 12.4 Å². The summed E-state index contributed by atoms with van der Waals surface area (Å²) in [6.45, 7) is 8.02. The fourth-order valence-corrected chi connectivity index (χ4v) is 8.64. The van der Waals surface area contributed by atoms with E-state index in [9.17, 15) is 4.79 Å². The second-order valence-corrected chi connectivity index (χ2v) is 13.1. The van der Waals surface area contributed by atoms with Crippen molar-refractivity contribution in [1.82, 2.24) is 24.8 Å². The predicted octanol–water partition coefficient (Wildman–Crippen LogP) is 5.21. The van der Waals surface area contributed by atoms with Gasteiger partial charge in [-0.1, -0.05) is 36.4 Å². The number of rotatable bonds is 6. The van der Waals surface area contributed by atoms with E-state index in [-0.39, 0.29) is 23.5 Å². The van der Waals surface area contributed by atoms with Crippen molar-refractivity contribution in [2.24, 2.45) is 0 Å². The number of ether oxygens (including phenoxy) is 1. The van der Waals surface area contributed by atoms with Gasteiger partial charge in [-0.2, -0.15) is 9.97 Å². The van der Waals surface area contributed by atoms with E-state index < -0.39 is 0 Å². The van der Waals surface area contributed by atoms with Crippen molar-refractivity contribution in [1.29, 1.82) is 0 Å². The molecular formula is C33H37ClN6O2. The number of fused-ring (bicyclic) bond motifs is 4. The van der Waals surface area contributed by atoms with Crippen molar-refractivity contribution < 1.29 is 9.53 Å². The van der Waals surface area contributed by atoms with Crippen LogP contribution in [0.15, 0.2) is 36.9 Å². The number of hydrogen-bond acceptors (Lipinski definition) is 7. The van der Waals surface area contributed by atoms with Gasteiger partial charge < -0.3 is 14.5 Å². The third-order valence-electron chi connectivity index (χ3n) is 10.6. The number of aromatic nitrogens is 3. The lowest BCUT2D eigenvalue weighted by atomic mass is 9.87. The van der Waals surface area contributed by atoms with Crippen molar-refractivity contribution in [3.63, 3.8) is 0 Å². The van der Waals surface area contributed by atoms with Crippen LogP contribution >= 0.6 is 11.6 Å². The molecule has 1 aromatic carbocycles. The summed E-state index contributed by atoms with van der Waals surface area (Å²) in [4.78, 5) is 34.3. The molecule has 1 amide bonds. The number of amides is 1. The van der Waals surface area contributed by atoms with Gasteiger partial charge in [0.15, 0.2) is 5.65 Å². The van der Waals surface area contributed by atoms with Crippen LogP contribution in [0.3, 0.4) is 0 Å². The van der Waals surface area contributed by atoms with Gasteiger partial charge in [0.25, 0.3) is 0 Å². The van der Waals surface area contributed by atoms with Gasteiger partial charge >= 0.3 is 6.01 Å². The van der Waals surface area contributed by atoms with Crippen molar-refractivity contribution in [3.05, 3.63) is 53.1 Å². The molecule has 0 bridgehead atoms. The molecule has 0 saturated carbocycles. The Labute approximate surface area is 251 Å². The average molecular weight is 585 g/mol. The third kappa shape index (κ3) is 4.13. The summed E-state index contributed by atoms with van der Waals surface area (Å²) >= 11 is 7.02. The van der Waals surface area contributed by atoms with E-state index >= 15 is 0 Å². The molecule has 6 heterocycles. The molecule has 8 nitrogen and oxygen atoms in total. The molecule has 9 heteroatoms. The second kappa shape index (κ2) is 10.2. The molecule has 8 rings (SSSR count). The first-order valence-electron chi connectivity index (χ1n) is 15.6. The van der Waals surface area contributed by atoms with Crippen LogP contribution in [0.1, 0.15) is 56.1 Å². The highest BCUT2D eigenvalue weighted by Gasteiger charge is 2.49.